The van der Waals surface area contributed by atoms with E-state index in [9.17, 15) is 14.4 Å². The number of hydrogen-bond donors (Lipinski definition) is 1. The van der Waals surface area contributed by atoms with Gasteiger partial charge in [-0.05, 0) is 32.0 Å². The average molecular weight is 354 g/mol. The number of halogens is 1. The van der Waals surface area contributed by atoms with Gasteiger partial charge in [0.25, 0.3) is 0 Å². The van der Waals surface area contributed by atoms with Crippen LogP contribution in [0.3, 0.4) is 0 Å². The van der Waals surface area contributed by atoms with E-state index in [0.29, 0.717) is 16.3 Å². The minimum absolute atomic E-state index is 0.0516. The van der Waals surface area contributed by atoms with E-state index in [2.05, 4.69) is 5.32 Å². The Kier molecular flexibility index (Phi) is 4.13. The molecule has 0 saturated carbocycles. The van der Waals surface area contributed by atoms with Crippen molar-refractivity contribution in [1.82, 2.24) is 0 Å². The zero-order chi connectivity index (χ0) is 17.5. The first-order valence-corrected chi connectivity index (χ1v) is 7.95. The van der Waals surface area contributed by atoms with Crippen molar-refractivity contribution in [3.05, 3.63) is 28.8 Å². The van der Waals surface area contributed by atoms with Crippen LogP contribution in [-0.2, 0) is 28.6 Å². The fourth-order valence-corrected chi connectivity index (χ4v) is 3.35. The van der Waals surface area contributed by atoms with Crippen LogP contribution in [0.2, 0.25) is 5.02 Å². The lowest BCUT2D eigenvalue weighted by atomic mass is 9.71. The summed E-state index contributed by atoms with van der Waals surface area (Å²) in [6, 6.07) is 3.64. The maximum atomic E-state index is 12.7. The van der Waals surface area contributed by atoms with Crippen molar-refractivity contribution < 1.29 is 28.6 Å². The lowest BCUT2D eigenvalue weighted by Gasteiger charge is -2.37. The molecule has 2 atom stereocenters. The molecule has 8 heteroatoms. The fraction of sp³-hybridized carbons (Fsp3) is 0.438. The van der Waals surface area contributed by atoms with Crippen LogP contribution >= 0.6 is 11.6 Å². The second kappa shape index (κ2) is 5.98. The third kappa shape index (κ3) is 2.15. The van der Waals surface area contributed by atoms with Gasteiger partial charge in [0.2, 0.25) is 5.41 Å². The highest BCUT2D eigenvalue weighted by Gasteiger charge is 2.72. The average Bonchev–Trinajstić information content (AvgIpc) is 2.75. The molecule has 3 rings (SSSR count). The molecule has 1 aromatic carbocycles. The summed E-state index contributed by atoms with van der Waals surface area (Å²) in [6.45, 7) is 3.33. The molecule has 7 nitrogen and oxygen atoms in total. The molecule has 0 radical (unpaired) electrons. The SMILES string of the molecule is CCOC(=O)C1(C(=O)OCC)C2Nc3ccc(Cl)cc3C1OC2=O. The predicted molar refractivity (Wildman–Crippen MR) is 83.4 cm³/mol. The number of fused-ring (bicyclic) bond motifs is 4. The van der Waals surface area contributed by atoms with Crippen molar-refractivity contribution in [2.75, 3.05) is 18.5 Å². The molecule has 24 heavy (non-hydrogen) atoms. The Hall–Kier alpha value is -2.28. The fourth-order valence-electron chi connectivity index (χ4n) is 3.17. The van der Waals surface area contributed by atoms with E-state index in [0.717, 1.165) is 0 Å². The Morgan fingerprint density at radius 3 is 2.46 bits per heavy atom. The molecule has 2 heterocycles. The number of anilines is 1. The topological polar surface area (TPSA) is 90.9 Å². The van der Waals surface area contributed by atoms with Gasteiger partial charge >= 0.3 is 17.9 Å². The van der Waals surface area contributed by atoms with Gasteiger partial charge in [-0.2, -0.15) is 0 Å². The summed E-state index contributed by atoms with van der Waals surface area (Å²) in [4.78, 5) is 37.7. The van der Waals surface area contributed by atoms with E-state index in [1.807, 2.05) is 0 Å². The van der Waals surface area contributed by atoms with Crippen molar-refractivity contribution in [3.8, 4) is 0 Å². The van der Waals surface area contributed by atoms with Gasteiger partial charge in [-0.25, -0.2) is 4.79 Å². The Balaban J connectivity index is 2.20. The van der Waals surface area contributed by atoms with Crippen molar-refractivity contribution >= 4 is 35.2 Å². The largest absolute Gasteiger partial charge is 0.465 e. The minimum Gasteiger partial charge on any atom is -0.465 e. The summed E-state index contributed by atoms with van der Waals surface area (Å²) < 4.78 is 15.5. The first-order valence-electron chi connectivity index (χ1n) is 7.57. The minimum atomic E-state index is -1.93. The lowest BCUT2D eigenvalue weighted by Crippen LogP contribution is -2.57. The number of hydrogen-bond acceptors (Lipinski definition) is 7. The summed E-state index contributed by atoms with van der Waals surface area (Å²) in [6.07, 6.45) is -1.15. The molecular formula is C16H16ClNO6. The van der Waals surface area contributed by atoms with Crippen LogP contribution in [0.15, 0.2) is 18.2 Å². The number of nitrogens with one attached hydrogen (secondary N) is 1. The van der Waals surface area contributed by atoms with E-state index in [-0.39, 0.29) is 13.2 Å². The van der Waals surface area contributed by atoms with Crippen LogP contribution in [0.25, 0.3) is 0 Å². The molecule has 1 N–H and O–H groups in total. The summed E-state index contributed by atoms with van der Waals surface area (Å²) >= 11 is 6.02. The quantitative estimate of drug-likeness (QED) is 0.501. The summed E-state index contributed by atoms with van der Waals surface area (Å²) in [5, 5.41) is 3.29. The third-order valence-electron chi connectivity index (χ3n) is 4.16. The molecule has 1 fully saturated rings. The van der Waals surface area contributed by atoms with Gasteiger partial charge in [-0.1, -0.05) is 11.6 Å². The molecule has 2 unspecified atom stereocenters. The second-order valence-corrected chi connectivity index (χ2v) is 5.87. The normalized spacial score (nSPS) is 22.9. The number of carbonyl (C=O) groups excluding carboxylic acids is 3. The van der Waals surface area contributed by atoms with Gasteiger partial charge < -0.3 is 19.5 Å². The van der Waals surface area contributed by atoms with E-state index in [1.165, 1.54) is 0 Å². The Labute approximate surface area is 143 Å². The predicted octanol–water partition coefficient (Wildman–Crippen LogP) is 1.84. The monoisotopic (exact) mass is 353 g/mol. The van der Waals surface area contributed by atoms with Crippen molar-refractivity contribution in [2.45, 2.75) is 26.0 Å². The molecule has 128 valence electrons. The highest BCUT2D eigenvalue weighted by molar-refractivity contribution is 6.30. The molecule has 2 aliphatic heterocycles. The van der Waals surface area contributed by atoms with Crippen LogP contribution in [0.1, 0.15) is 25.5 Å². The summed E-state index contributed by atoms with van der Waals surface area (Å²) in [5.41, 5.74) is -0.920. The number of esters is 3. The van der Waals surface area contributed by atoms with Gasteiger partial charge in [0, 0.05) is 16.3 Å². The second-order valence-electron chi connectivity index (χ2n) is 5.44. The lowest BCUT2D eigenvalue weighted by molar-refractivity contribution is -0.177. The zero-order valence-electron chi connectivity index (χ0n) is 13.1. The molecule has 0 aromatic heterocycles. The molecule has 0 amide bonds. The standard InChI is InChI=1S/C16H16ClNO6/c1-3-22-14(20)16(15(21)23-4-2)11-13(19)24-12(16)9-7-8(17)5-6-10(9)18-11/h5-7,11-12,18H,3-4H2,1-2H3. The summed E-state index contributed by atoms with van der Waals surface area (Å²) in [5.74, 6) is -2.43. The first kappa shape index (κ1) is 16.6. The van der Waals surface area contributed by atoms with Crippen LogP contribution < -0.4 is 5.32 Å². The van der Waals surface area contributed by atoms with Crippen molar-refractivity contribution in [3.63, 3.8) is 0 Å². The highest BCUT2D eigenvalue weighted by atomic mass is 35.5. The van der Waals surface area contributed by atoms with E-state index in [4.69, 9.17) is 25.8 Å². The Morgan fingerprint density at radius 2 is 1.88 bits per heavy atom. The third-order valence-corrected chi connectivity index (χ3v) is 4.40. The molecule has 2 aliphatic rings. The maximum absolute atomic E-state index is 12.7. The van der Waals surface area contributed by atoms with Crippen molar-refractivity contribution in [2.24, 2.45) is 5.41 Å². The summed E-state index contributed by atoms with van der Waals surface area (Å²) in [7, 11) is 0. The van der Waals surface area contributed by atoms with E-state index >= 15 is 0 Å². The van der Waals surface area contributed by atoms with E-state index in [1.54, 1.807) is 32.0 Å². The number of carbonyl (C=O) groups is 3. The Bertz CT molecular complexity index is 701. The van der Waals surface area contributed by atoms with Gasteiger partial charge in [-0.15, -0.1) is 0 Å². The van der Waals surface area contributed by atoms with Gasteiger partial charge in [-0.3, -0.25) is 9.59 Å². The zero-order valence-corrected chi connectivity index (χ0v) is 13.9. The van der Waals surface area contributed by atoms with Crippen LogP contribution in [-0.4, -0.2) is 37.2 Å². The molecule has 0 spiro atoms. The first-order chi connectivity index (χ1) is 11.5. The van der Waals surface area contributed by atoms with Crippen LogP contribution in [0.4, 0.5) is 5.69 Å². The van der Waals surface area contributed by atoms with Gasteiger partial charge in [0.05, 0.1) is 13.2 Å². The maximum Gasteiger partial charge on any atom is 0.331 e. The number of ether oxygens (including phenoxy) is 3. The molecule has 1 saturated heterocycles. The van der Waals surface area contributed by atoms with Crippen LogP contribution in [0.5, 0.6) is 0 Å². The number of rotatable bonds is 4. The smallest absolute Gasteiger partial charge is 0.331 e. The molecular weight excluding hydrogens is 338 g/mol. The van der Waals surface area contributed by atoms with E-state index < -0.39 is 35.5 Å². The van der Waals surface area contributed by atoms with Crippen molar-refractivity contribution in [1.29, 1.82) is 0 Å². The van der Waals surface area contributed by atoms with Gasteiger partial charge in [0.15, 0.2) is 12.1 Å². The molecule has 1 aromatic rings. The molecule has 2 bridgehead atoms. The number of benzene rings is 1. The Morgan fingerprint density at radius 1 is 1.25 bits per heavy atom. The van der Waals surface area contributed by atoms with Gasteiger partial charge in [0.1, 0.15) is 0 Å². The highest BCUT2D eigenvalue weighted by Crippen LogP contribution is 2.54. The molecule has 0 aliphatic carbocycles. The van der Waals surface area contributed by atoms with Crippen LogP contribution in [0, 0.1) is 5.41 Å².